The maximum Gasteiger partial charge on any atom is 0.223 e. The largest absolute Gasteiger partial charge is 0.508 e. The lowest BCUT2D eigenvalue weighted by atomic mass is 9.82. The molecule has 0 radical (unpaired) electrons. The maximum atomic E-state index is 12.4. The maximum absolute atomic E-state index is 12.4. The van der Waals surface area contributed by atoms with Crippen molar-refractivity contribution in [2.24, 2.45) is 5.92 Å². The fourth-order valence-electron chi connectivity index (χ4n) is 4.51. The summed E-state index contributed by atoms with van der Waals surface area (Å²) in [6, 6.07) is 13.4. The van der Waals surface area contributed by atoms with Crippen molar-refractivity contribution in [3.8, 4) is 17.2 Å². The molecule has 5 nitrogen and oxygen atoms in total. The van der Waals surface area contributed by atoms with Gasteiger partial charge in [-0.25, -0.2) is 0 Å². The van der Waals surface area contributed by atoms with Crippen LogP contribution in [0.2, 0.25) is 0 Å². The smallest absolute Gasteiger partial charge is 0.223 e. The summed E-state index contributed by atoms with van der Waals surface area (Å²) in [6.07, 6.45) is 6.17. The number of aromatic hydroxyl groups is 1. The molecule has 1 saturated carbocycles. The normalized spacial score (nSPS) is 22.3. The van der Waals surface area contributed by atoms with Crippen molar-refractivity contribution in [2.45, 2.75) is 50.5 Å². The fraction of sp³-hybridized carbons (Fsp3) is 0.458. The average molecular weight is 395 g/mol. The van der Waals surface area contributed by atoms with Gasteiger partial charge >= 0.3 is 0 Å². The van der Waals surface area contributed by atoms with Gasteiger partial charge in [0.05, 0.1) is 13.2 Å². The highest BCUT2D eigenvalue weighted by Crippen LogP contribution is 2.37. The molecule has 1 heterocycles. The minimum Gasteiger partial charge on any atom is -0.508 e. The van der Waals surface area contributed by atoms with Crippen LogP contribution in [0.3, 0.4) is 0 Å². The molecule has 2 fully saturated rings. The average Bonchev–Trinajstić information content (AvgIpc) is 3.24. The van der Waals surface area contributed by atoms with E-state index in [4.69, 9.17) is 9.47 Å². The molecule has 2 aromatic carbocycles. The van der Waals surface area contributed by atoms with Crippen molar-refractivity contribution in [3.05, 3.63) is 53.6 Å². The zero-order valence-corrected chi connectivity index (χ0v) is 16.9. The summed E-state index contributed by atoms with van der Waals surface area (Å²) in [6.45, 7) is 0.616. The molecule has 0 spiro atoms. The number of hydrogen-bond donors (Lipinski definition) is 2. The molecule has 1 aliphatic carbocycles. The Bertz CT molecular complexity index is 860. The second-order valence-corrected chi connectivity index (χ2v) is 8.14. The highest BCUT2D eigenvalue weighted by atomic mass is 16.5. The first-order valence-electron chi connectivity index (χ1n) is 10.5. The van der Waals surface area contributed by atoms with Gasteiger partial charge in [-0.1, -0.05) is 24.3 Å². The van der Waals surface area contributed by atoms with Crippen LogP contribution in [0.25, 0.3) is 0 Å². The summed E-state index contributed by atoms with van der Waals surface area (Å²) in [5.41, 5.74) is 1.97. The molecule has 2 unspecified atom stereocenters. The second-order valence-electron chi connectivity index (χ2n) is 8.14. The third-order valence-electron chi connectivity index (χ3n) is 6.18. The van der Waals surface area contributed by atoms with E-state index in [1.54, 1.807) is 19.2 Å². The van der Waals surface area contributed by atoms with Crippen LogP contribution in [0.4, 0.5) is 0 Å². The Hall–Kier alpha value is -2.69. The summed E-state index contributed by atoms with van der Waals surface area (Å²) >= 11 is 0. The van der Waals surface area contributed by atoms with Crippen molar-refractivity contribution in [1.29, 1.82) is 0 Å². The van der Waals surface area contributed by atoms with Gasteiger partial charge in [0.15, 0.2) is 11.5 Å². The van der Waals surface area contributed by atoms with Gasteiger partial charge in [0.2, 0.25) is 5.91 Å². The number of rotatable bonds is 6. The van der Waals surface area contributed by atoms with Crippen LogP contribution in [-0.2, 0) is 11.2 Å². The highest BCUT2D eigenvalue weighted by Gasteiger charge is 2.30. The Kier molecular flexibility index (Phi) is 5.93. The fourth-order valence-corrected chi connectivity index (χ4v) is 4.51. The van der Waals surface area contributed by atoms with Gasteiger partial charge in [0.1, 0.15) is 5.75 Å². The Labute approximate surface area is 172 Å². The summed E-state index contributed by atoms with van der Waals surface area (Å²) < 4.78 is 11.7. The highest BCUT2D eigenvalue weighted by molar-refractivity contribution is 5.80. The van der Waals surface area contributed by atoms with Gasteiger partial charge in [-0.2, -0.15) is 0 Å². The number of amides is 1. The second kappa shape index (κ2) is 8.76. The van der Waals surface area contributed by atoms with E-state index in [1.807, 2.05) is 18.2 Å². The first-order valence-corrected chi connectivity index (χ1v) is 10.5. The molecule has 4 rings (SSSR count). The lowest BCUT2D eigenvalue weighted by molar-refractivity contribution is -0.126. The number of hydrogen-bond acceptors (Lipinski definition) is 4. The Balaban J connectivity index is 1.51. The third kappa shape index (κ3) is 4.50. The zero-order chi connectivity index (χ0) is 20.2. The summed E-state index contributed by atoms with van der Waals surface area (Å²) in [5, 5.41) is 13.1. The number of ether oxygens (including phenoxy) is 2. The Morgan fingerprint density at radius 3 is 2.66 bits per heavy atom. The predicted octanol–water partition coefficient (Wildman–Crippen LogP) is 4.18. The molecule has 2 aliphatic rings. The lowest BCUT2D eigenvalue weighted by Crippen LogP contribution is -2.41. The van der Waals surface area contributed by atoms with Crippen molar-refractivity contribution in [2.75, 3.05) is 13.7 Å². The lowest BCUT2D eigenvalue weighted by Gasteiger charge is -2.30. The molecule has 154 valence electrons. The molecule has 1 aliphatic heterocycles. The molecule has 0 aromatic heterocycles. The molecule has 5 heteroatoms. The van der Waals surface area contributed by atoms with Crippen LogP contribution in [0.1, 0.15) is 49.1 Å². The number of carbonyl (C=O) groups is 1. The van der Waals surface area contributed by atoms with Gasteiger partial charge in [0, 0.05) is 18.4 Å². The van der Waals surface area contributed by atoms with Crippen molar-refractivity contribution >= 4 is 5.91 Å². The molecule has 2 atom stereocenters. The number of carbonyl (C=O) groups excluding carboxylic acids is 1. The molecule has 1 saturated heterocycles. The predicted molar refractivity (Wildman–Crippen MR) is 112 cm³/mol. The monoisotopic (exact) mass is 395 g/mol. The number of methoxy groups -OCH3 is 1. The van der Waals surface area contributed by atoms with E-state index >= 15 is 0 Å². The van der Waals surface area contributed by atoms with Crippen LogP contribution < -0.4 is 14.8 Å². The molecule has 1 amide bonds. The molecule has 2 aromatic rings. The number of piperidine rings is 1. The van der Waals surface area contributed by atoms with Gasteiger partial charge < -0.3 is 19.9 Å². The third-order valence-corrected chi connectivity index (χ3v) is 6.18. The van der Waals surface area contributed by atoms with E-state index in [0.717, 1.165) is 41.9 Å². The topological polar surface area (TPSA) is 67.8 Å². The first-order chi connectivity index (χ1) is 14.1. The van der Waals surface area contributed by atoms with Crippen LogP contribution in [-0.4, -0.2) is 30.8 Å². The van der Waals surface area contributed by atoms with Gasteiger partial charge in [-0.05, 0) is 67.9 Å². The summed E-state index contributed by atoms with van der Waals surface area (Å²) in [4.78, 5) is 12.4. The van der Waals surface area contributed by atoms with E-state index in [9.17, 15) is 9.90 Å². The SMILES string of the molecule is COc1ccc(C2CNC(=O)C(Cc3ccccc3O)C2)cc1OC1CCCC1. The van der Waals surface area contributed by atoms with E-state index in [2.05, 4.69) is 17.4 Å². The molecule has 2 N–H and O–H groups in total. The van der Waals surface area contributed by atoms with E-state index in [-0.39, 0.29) is 29.6 Å². The van der Waals surface area contributed by atoms with E-state index < -0.39 is 0 Å². The van der Waals surface area contributed by atoms with Gasteiger partial charge in [-0.15, -0.1) is 0 Å². The minimum absolute atomic E-state index is 0.0560. The standard InChI is InChI=1S/C24H29NO4/c1-28-22-11-10-16(14-23(22)29-20-7-3-4-8-20)19-13-18(24(27)25-15-19)12-17-6-2-5-9-21(17)26/h2,5-6,9-11,14,18-20,26H,3-4,7-8,12-13,15H2,1H3,(H,25,27). The van der Waals surface area contributed by atoms with Crippen LogP contribution >= 0.6 is 0 Å². The Morgan fingerprint density at radius 1 is 1.10 bits per heavy atom. The van der Waals surface area contributed by atoms with Crippen molar-refractivity contribution in [3.63, 3.8) is 0 Å². The van der Waals surface area contributed by atoms with E-state index in [1.165, 1.54) is 12.8 Å². The van der Waals surface area contributed by atoms with Gasteiger partial charge in [0.25, 0.3) is 0 Å². The quantitative estimate of drug-likeness (QED) is 0.770. The Morgan fingerprint density at radius 2 is 1.90 bits per heavy atom. The van der Waals surface area contributed by atoms with E-state index in [0.29, 0.717) is 13.0 Å². The first kappa shape index (κ1) is 19.6. The molecule has 29 heavy (non-hydrogen) atoms. The number of phenols is 1. The number of para-hydroxylation sites is 1. The van der Waals surface area contributed by atoms with Crippen molar-refractivity contribution < 1.29 is 19.4 Å². The number of benzene rings is 2. The minimum atomic E-state index is -0.164. The molecular formula is C24H29NO4. The van der Waals surface area contributed by atoms with Crippen LogP contribution in [0.5, 0.6) is 17.2 Å². The number of phenolic OH excluding ortho intramolecular Hbond substituents is 1. The summed E-state index contributed by atoms with van der Waals surface area (Å²) in [7, 11) is 1.67. The zero-order valence-electron chi connectivity index (χ0n) is 16.9. The molecule has 0 bridgehead atoms. The van der Waals surface area contributed by atoms with Gasteiger partial charge in [-0.3, -0.25) is 4.79 Å². The van der Waals surface area contributed by atoms with Crippen LogP contribution in [0.15, 0.2) is 42.5 Å². The van der Waals surface area contributed by atoms with Crippen molar-refractivity contribution in [1.82, 2.24) is 5.32 Å². The molecular weight excluding hydrogens is 366 g/mol. The summed E-state index contributed by atoms with van der Waals surface area (Å²) in [5.74, 6) is 1.90. The number of nitrogens with one attached hydrogen (secondary N) is 1. The van der Waals surface area contributed by atoms with Crippen LogP contribution in [0, 0.1) is 5.92 Å².